The highest BCUT2D eigenvalue weighted by atomic mass is 19.1. The molecule has 2 saturated heterocycles. The van der Waals surface area contributed by atoms with E-state index < -0.39 is 52.8 Å². The number of carbonyl (C=O) groups excluding carboxylic acids is 3. The van der Waals surface area contributed by atoms with Crippen LogP contribution in [0.1, 0.15) is 81.8 Å². The van der Waals surface area contributed by atoms with E-state index in [-0.39, 0.29) is 53.3 Å². The van der Waals surface area contributed by atoms with E-state index in [1.807, 2.05) is 0 Å². The highest BCUT2D eigenvalue weighted by Gasteiger charge is 2.41. The van der Waals surface area contributed by atoms with Gasteiger partial charge in [0.15, 0.2) is 0 Å². The lowest BCUT2D eigenvalue weighted by atomic mass is 9.83. The van der Waals surface area contributed by atoms with Crippen LogP contribution in [0.15, 0.2) is 53.6 Å². The molecule has 0 aliphatic carbocycles. The van der Waals surface area contributed by atoms with Crippen LogP contribution >= 0.6 is 0 Å². The van der Waals surface area contributed by atoms with Crippen LogP contribution in [0.5, 0.6) is 0 Å². The van der Waals surface area contributed by atoms with Crippen LogP contribution in [-0.2, 0) is 29.7 Å². The molecule has 16 heteroatoms. The van der Waals surface area contributed by atoms with Crippen molar-refractivity contribution >= 4 is 34.2 Å². The Morgan fingerprint density at radius 2 is 1.80 bits per heavy atom. The first-order valence-electron chi connectivity index (χ1n) is 18.3. The predicted molar refractivity (Wildman–Crippen MR) is 195 cm³/mol. The van der Waals surface area contributed by atoms with Gasteiger partial charge < -0.3 is 10.2 Å². The first-order chi connectivity index (χ1) is 27.0. The molecule has 6 heterocycles. The molecule has 1 unspecified atom stereocenters. The smallest absolute Gasteiger partial charge is 0.272 e. The summed E-state index contributed by atoms with van der Waals surface area (Å²) in [7, 11) is 1.73. The third-order valence-electron chi connectivity index (χ3n) is 11.3. The van der Waals surface area contributed by atoms with Crippen molar-refractivity contribution in [1.82, 2.24) is 40.1 Å². The Hall–Kier alpha value is -6.34. The molecule has 2 fully saturated rings. The summed E-state index contributed by atoms with van der Waals surface area (Å²) in [6.45, 7) is 1.55. The number of likely N-dealkylation sites (tertiary alicyclic amines) is 1. The number of hydrogen-bond donors (Lipinski definition) is 3. The Labute approximate surface area is 317 Å². The number of imide groups is 1. The van der Waals surface area contributed by atoms with Crippen LogP contribution in [0.2, 0.25) is 0 Å². The molecule has 3 aromatic carbocycles. The van der Waals surface area contributed by atoms with Crippen molar-refractivity contribution in [3.8, 4) is 11.8 Å². The first kappa shape index (κ1) is 35.4. The number of H-pyrrole nitrogens is 1. The fourth-order valence-electron chi connectivity index (χ4n) is 8.43. The van der Waals surface area contributed by atoms with Crippen LogP contribution in [0.3, 0.4) is 0 Å². The second-order valence-corrected chi connectivity index (χ2v) is 14.7. The Bertz CT molecular complexity index is 2610. The zero-order valence-corrected chi connectivity index (χ0v) is 30.0. The van der Waals surface area contributed by atoms with Crippen LogP contribution in [0.25, 0.3) is 10.8 Å². The third-order valence-corrected chi connectivity index (χ3v) is 11.3. The van der Waals surface area contributed by atoms with Gasteiger partial charge in [0, 0.05) is 53.7 Å². The molecule has 284 valence electrons. The van der Waals surface area contributed by atoms with Crippen LogP contribution < -0.4 is 16.2 Å². The maximum atomic E-state index is 15.8. The molecule has 0 bridgehead atoms. The van der Waals surface area contributed by atoms with Gasteiger partial charge in [-0.15, -0.1) is 0 Å². The molecule has 3 amide bonds. The maximum absolute atomic E-state index is 15.8. The summed E-state index contributed by atoms with van der Waals surface area (Å²) >= 11 is 0. The van der Waals surface area contributed by atoms with Crippen molar-refractivity contribution in [3.05, 3.63) is 116 Å². The van der Waals surface area contributed by atoms with Gasteiger partial charge in [-0.05, 0) is 68.2 Å². The average Bonchev–Trinajstić information content (AvgIpc) is 3.76. The van der Waals surface area contributed by atoms with Crippen molar-refractivity contribution in [2.24, 2.45) is 13.0 Å². The molecule has 2 aromatic heterocycles. The number of benzene rings is 3. The lowest BCUT2D eigenvalue weighted by molar-refractivity contribution is -0.136. The van der Waals surface area contributed by atoms with Crippen LogP contribution in [0, 0.1) is 35.2 Å². The SMILES string of the molecule is Cn1ncnc1[C@H]1c2n[nH]c(=O)c3cc(F)cc(c23)N[C@@H]1c1ccc(F)c(C#CC2CCN(Cc3ccc4c(c3F)CN(C3CCC(=O)NC3=O)C4=O)CC2)c1. The van der Waals surface area contributed by atoms with E-state index in [1.54, 1.807) is 36.0 Å². The zero-order valence-electron chi connectivity index (χ0n) is 30.0. The number of anilines is 1. The van der Waals surface area contributed by atoms with E-state index in [0.29, 0.717) is 66.2 Å². The fraction of sp³-hybridized carbons (Fsp3) is 0.325. The average molecular weight is 762 g/mol. The summed E-state index contributed by atoms with van der Waals surface area (Å²) < 4.78 is 47.5. The quantitative estimate of drug-likeness (QED) is 0.179. The maximum Gasteiger partial charge on any atom is 0.272 e. The molecule has 0 radical (unpaired) electrons. The second kappa shape index (κ2) is 13.7. The Morgan fingerprint density at radius 1 is 0.982 bits per heavy atom. The molecule has 3 atom stereocenters. The van der Waals surface area contributed by atoms with Crippen LogP contribution in [0.4, 0.5) is 18.9 Å². The van der Waals surface area contributed by atoms with Gasteiger partial charge in [0.05, 0.1) is 35.1 Å². The first-order valence-corrected chi connectivity index (χ1v) is 18.3. The van der Waals surface area contributed by atoms with E-state index in [1.165, 1.54) is 29.4 Å². The summed E-state index contributed by atoms with van der Waals surface area (Å²) in [5, 5.41) is 17.4. The number of fused-ring (bicyclic) bond motifs is 1. The summed E-state index contributed by atoms with van der Waals surface area (Å²) in [5.41, 5.74) is 2.09. The number of rotatable bonds is 5. The van der Waals surface area contributed by atoms with Crippen molar-refractivity contribution in [2.75, 3.05) is 18.4 Å². The fourth-order valence-corrected chi connectivity index (χ4v) is 8.43. The highest BCUT2D eigenvalue weighted by molar-refractivity contribution is 6.05. The van der Waals surface area contributed by atoms with E-state index in [4.69, 9.17) is 0 Å². The number of nitrogens with one attached hydrogen (secondary N) is 3. The van der Waals surface area contributed by atoms with E-state index in [9.17, 15) is 23.6 Å². The molecule has 9 rings (SSSR count). The molecule has 4 aliphatic heterocycles. The number of aryl methyl sites for hydroxylation is 1. The number of nitrogens with zero attached hydrogens (tertiary/aromatic N) is 6. The molecule has 4 aliphatic rings. The highest BCUT2D eigenvalue weighted by Crippen LogP contribution is 2.46. The summed E-state index contributed by atoms with van der Waals surface area (Å²) in [4.78, 5) is 57.7. The lowest BCUT2D eigenvalue weighted by Crippen LogP contribution is -2.52. The Morgan fingerprint density at radius 3 is 2.57 bits per heavy atom. The topological polar surface area (TPSA) is 158 Å². The molecule has 56 heavy (non-hydrogen) atoms. The van der Waals surface area contributed by atoms with E-state index in [2.05, 4.69) is 47.7 Å². The molecule has 5 aromatic rings. The van der Waals surface area contributed by atoms with Gasteiger partial charge in [0.2, 0.25) is 11.8 Å². The van der Waals surface area contributed by atoms with Gasteiger partial charge >= 0.3 is 0 Å². The van der Waals surface area contributed by atoms with E-state index >= 15 is 8.78 Å². The standard InChI is InChI=1S/C40H34F3N9O4/c1-50-37(44-19-45-50)33-35(46-29-16-24(41)15-26-32(29)36(33)48-49-38(26)54)22-5-7-28(42)21(14-22)3-2-20-10-12-51(13-11-20)17-23-4-6-25-27(34(23)43)18-52(40(25)56)30-8-9-31(53)47-39(30)55/h4-7,14-16,19-20,30,33,35,46H,8-13,17-18H2,1H3,(H,49,54)(H,47,53,55)/t30?,33-,35-/m1/s1. The molecular weight excluding hydrogens is 727 g/mol. The van der Waals surface area contributed by atoms with Gasteiger partial charge in [-0.25, -0.2) is 23.3 Å². The molecule has 0 saturated carbocycles. The third kappa shape index (κ3) is 6.08. The van der Waals surface area contributed by atoms with Crippen molar-refractivity contribution < 1.29 is 27.6 Å². The molecular formula is C40H34F3N9O4. The second-order valence-electron chi connectivity index (χ2n) is 14.7. The summed E-state index contributed by atoms with van der Waals surface area (Å²) in [6.07, 6.45) is 3.08. The van der Waals surface area contributed by atoms with Gasteiger partial charge in [0.1, 0.15) is 35.6 Å². The summed E-state index contributed by atoms with van der Waals surface area (Å²) in [6, 6.07) is 8.92. The predicted octanol–water partition coefficient (Wildman–Crippen LogP) is 3.79. The number of hydrogen-bond acceptors (Lipinski definition) is 9. The number of amides is 3. The number of halogens is 3. The Balaban J connectivity index is 0.905. The zero-order chi connectivity index (χ0) is 38.8. The largest absolute Gasteiger partial charge is 0.376 e. The minimum absolute atomic E-state index is 0.0348. The van der Waals surface area contributed by atoms with Gasteiger partial charge in [-0.3, -0.25) is 34.1 Å². The summed E-state index contributed by atoms with van der Waals surface area (Å²) in [5.74, 6) is 3.29. The van der Waals surface area contributed by atoms with E-state index in [0.717, 1.165) is 0 Å². The van der Waals surface area contributed by atoms with Crippen molar-refractivity contribution in [1.29, 1.82) is 0 Å². The molecule has 3 N–H and O–H groups in total. The van der Waals surface area contributed by atoms with Crippen molar-refractivity contribution in [2.45, 2.75) is 56.8 Å². The number of aromatic nitrogens is 5. The number of piperidine rings is 2. The lowest BCUT2D eigenvalue weighted by Gasteiger charge is -2.33. The van der Waals surface area contributed by atoms with Crippen molar-refractivity contribution in [3.63, 3.8) is 0 Å². The monoisotopic (exact) mass is 761 g/mol. The normalized spacial score (nSPS) is 21.1. The number of aromatic amines is 1. The van der Waals surface area contributed by atoms with Gasteiger partial charge in [-0.1, -0.05) is 24.0 Å². The molecule has 0 spiro atoms. The van der Waals surface area contributed by atoms with Gasteiger partial charge in [-0.2, -0.15) is 10.2 Å². The minimum atomic E-state index is -0.819. The Kier molecular flexibility index (Phi) is 8.68. The van der Waals surface area contributed by atoms with Crippen LogP contribution in [-0.4, -0.2) is 71.6 Å². The molecule has 13 nitrogen and oxygen atoms in total. The minimum Gasteiger partial charge on any atom is -0.376 e. The number of carbonyl (C=O) groups is 3. The van der Waals surface area contributed by atoms with Gasteiger partial charge in [0.25, 0.3) is 11.5 Å².